The lowest BCUT2D eigenvalue weighted by Crippen LogP contribution is -2.35. The van der Waals surface area contributed by atoms with E-state index in [0.717, 1.165) is 6.07 Å². The molecule has 1 N–H and O–H groups in total. The SMILES string of the molecule is CC.CN1CCc2c(S(=O)(=O)Nc3ccc(C#N)cc3F)cn(SI)c2C1=O. The van der Waals surface area contributed by atoms with E-state index in [-0.39, 0.29) is 22.1 Å². The summed E-state index contributed by atoms with van der Waals surface area (Å²) in [5, 5.41) is 8.78. The summed E-state index contributed by atoms with van der Waals surface area (Å²) in [6.45, 7) is 4.40. The Kier molecular flexibility index (Phi) is 7.35. The van der Waals surface area contributed by atoms with Crippen LogP contribution in [0.25, 0.3) is 0 Å². The first-order valence-electron chi connectivity index (χ1n) is 8.29. The summed E-state index contributed by atoms with van der Waals surface area (Å²) < 4.78 is 43.4. The molecule has 0 atom stereocenters. The van der Waals surface area contributed by atoms with Gasteiger partial charge in [0, 0.05) is 55.7 Å². The third-order valence-electron chi connectivity index (χ3n) is 3.99. The molecule has 0 bridgehead atoms. The Balaban J connectivity index is 0.00000136. The fraction of sp³-hybridized carbons (Fsp3) is 0.294. The summed E-state index contributed by atoms with van der Waals surface area (Å²) in [5.74, 6) is -1.11. The Hall–Kier alpha value is -1.78. The predicted octanol–water partition coefficient (Wildman–Crippen LogP) is 3.80. The Bertz CT molecular complexity index is 1050. The second-order valence-electron chi connectivity index (χ2n) is 5.60. The first-order valence-corrected chi connectivity index (χ1v) is 13.1. The number of carbonyl (C=O) groups is 1. The number of aromatic nitrogens is 1. The Morgan fingerprint density at radius 1 is 1.36 bits per heavy atom. The van der Waals surface area contributed by atoms with Crippen molar-refractivity contribution in [1.29, 1.82) is 5.26 Å². The van der Waals surface area contributed by atoms with E-state index in [0.29, 0.717) is 24.2 Å². The van der Waals surface area contributed by atoms with Crippen LogP contribution in [0.4, 0.5) is 10.1 Å². The van der Waals surface area contributed by atoms with E-state index >= 15 is 0 Å². The van der Waals surface area contributed by atoms with Crippen molar-refractivity contribution in [3.05, 3.63) is 47.0 Å². The number of rotatable bonds is 4. The van der Waals surface area contributed by atoms with Crippen LogP contribution in [-0.4, -0.2) is 36.8 Å². The molecule has 0 saturated carbocycles. The molecule has 150 valence electrons. The highest BCUT2D eigenvalue weighted by atomic mass is 127. The molecule has 2 aromatic rings. The fourth-order valence-electron chi connectivity index (χ4n) is 2.68. The summed E-state index contributed by atoms with van der Waals surface area (Å²) in [4.78, 5) is 13.9. The highest BCUT2D eigenvalue weighted by molar-refractivity contribution is 14.2. The van der Waals surface area contributed by atoms with Crippen molar-refractivity contribution >= 4 is 51.9 Å². The zero-order valence-corrected chi connectivity index (χ0v) is 19.2. The van der Waals surface area contributed by atoms with Gasteiger partial charge >= 0.3 is 0 Å². The van der Waals surface area contributed by atoms with Crippen LogP contribution in [0.2, 0.25) is 0 Å². The van der Waals surface area contributed by atoms with Crippen LogP contribution in [-0.2, 0) is 16.4 Å². The molecule has 1 aliphatic rings. The molecule has 1 aromatic carbocycles. The number of amides is 1. The van der Waals surface area contributed by atoms with Gasteiger partial charge in [0.1, 0.15) is 16.4 Å². The lowest BCUT2D eigenvalue weighted by molar-refractivity contribution is 0.0774. The second kappa shape index (κ2) is 9.15. The fourth-order valence-corrected chi connectivity index (χ4v) is 5.41. The van der Waals surface area contributed by atoms with Gasteiger partial charge in [-0.3, -0.25) is 13.5 Å². The molecule has 2 heterocycles. The highest BCUT2D eigenvalue weighted by Crippen LogP contribution is 2.33. The van der Waals surface area contributed by atoms with Crippen molar-refractivity contribution in [1.82, 2.24) is 8.87 Å². The maximum Gasteiger partial charge on any atom is 0.271 e. The summed E-state index contributed by atoms with van der Waals surface area (Å²) in [5.41, 5.74) is 0.549. The zero-order valence-electron chi connectivity index (χ0n) is 15.4. The molecule has 0 fully saturated rings. The Morgan fingerprint density at radius 3 is 2.61 bits per heavy atom. The predicted molar refractivity (Wildman–Crippen MR) is 115 cm³/mol. The van der Waals surface area contributed by atoms with Crippen LogP contribution in [0.3, 0.4) is 0 Å². The lowest BCUT2D eigenvalue weighted by Gasteiger charge is -2.23. The number of nitriles is 1. The van der Waals surface area contributed by atoms with E-state index in [1.54, 1.807) is 13.1 Å². The second-order valence-corrected chi connectivity index (χ2v) is 8.97. The molecular weight excluding hydrogens is 518 g/mol. The number of benzene rings is 1. The number of sulfonamides is 1. The van der Waals surface area contributed by atoms with Crippen molar-refractivity contribution in [2.75, 3.05) is 18.3 Å². The molecule has 7 nitrogen and oxygen atoms in total. The van der Waals surface area contributed by atoms with Gasteiger partial charge in [-0.25, -0.2) is 12.8 Å². The molecule has 1 aliphatic heterocycles. The topological polar surface area (TPSA) is 95.2 Å². The molecule has 0 saturated heterocycles. The normalized spacial score (nSPS) is 13.3. The average Bonchev–Trinajstić information content (AvgIpc) is 3.08. The van der Waals surface area contributed by atoms with E-state index < -0.39 is 15.8 Å². The minimum absolute atomic E-state index is 0.0538. The maximum absolute atomic E-state index is 14.1. The smallest absolute Gasteiger partial charge is 0.271 e. The van der Waals surface area contributed by atoms with Crippen LogP contribution in [0.5, 0.6) is 0 Å². The number of hydrogen-bond donors (Lipinski definition) is 1. The largest absolute Gasteiger partial charge is 0.340 e. The van der Waals surface area contributed by atoms with Crippen molar-refractivity contribution in [3.8, 4) is 6.07 Å². The Morgan fingerprint density at radius 2 is 2.04 bits per heavy atom. The Labute approximate surface area is 179 Å². The molecule has 0 unspecified atom stereocenters. The number of likely N-dealkylation sites (N-methyl/N-ethyl adjacent to an activating group) is 1. The first kappa shape index (κ1) is 22.5. The van der Waals surface area contributed by atoms with Gasteiger partial charge < -0.3 is 4.90 Å². The molecule has 11 heteroatoms. The van der Waals surface area contributed by atoms with E-state index in [4.69, 9.17) is 5.26 Å². The van der Waals surface area contributed by atoms with E-state index in [2.05, 4.69) is 4.72 Å². The summed E-state index contributed by atoms with van der Waals surface area (Å²) in [6.07, 6.45) is 1.75. The standard InChI is InChI=1S/C15H12FIN4O3S2.C2H6/c1-20-5-4-10-13(8-21(25-17)14(10)15(20)22)26(23,24)19-12-3-2-9(7-18)6-11(12)16;1-2/h2-3,6,8,19H,4-5H2,1H3;1-2H3. The van der Waals surface area contributed by atoms with Gasteiger partial charge in [0.15, 0.2) is 0 Å². The van der Waals surface area contributed by atoms with Gasteiger partial charge in [0.05, 0.1) is 17.3 Å². The van der Waals surface area contributed by atoms with Gasteiger partial charge in [0.2, 0.25) is 0 Å². The maximum atomic E-state index is 14.1. The summed E-state index contributed by atoms with van der Waals surface area (Å²) >= 11 is 1.96. The van der Waals surface area contributed by atoms with E-state index in [9.17, 15) is 17.6 Å². The monoisotopic (exact) mass is 536 g/mol. The van der Waals surface area contributed by atoms with Crippen LogP contribution in [0, 0.1) is 17.1 Å². The molecule has 0 spiro atoms. The van der Waals surface area contributed by atoms with Gasteiger partial charge in [-0.15, -0.1) is 0 Å². The first-order chi connectivity index (χ1) is 13.3. The number of anilines is 1. The average molecular weight is 536 g/mol. The quantitative estimate of drug-likeness (QED) is 0.600. The lowest BCUT2D eigenvalue weighted by atomic mass is 10.1. The van der Waals surface area contributed by atoms with E-state index in [1.807, 2.05) is 35.1 Å². The third kappa shape index (κ3) is 4.28. The van der Waals surface area contributed by atoms with Crippen LogP contribution >= 0.6 is 30.3 Å². The molecule has 28 heavy (non-hydrogen) atoms. The molecule has 0 radical (unpaired) electrons. The number of halogens is 2. The number of nitrogens with one attached hydrogen (secondary N) is 1. The minimum Gasteiger partial charge on any atom is -0.340 e. The van der Waals surface area contributed by atoms with Gasteiger partial charge in [0.25, 0.3) is 15.9 Å². The van der Waals surface area contributed by atoms with Crippen molar-refractivity contribution in [3.63, 3.8) is 0 Å². The summed E-state index contributed by atoms with van der Waals surface area (Å²) in [6, 6.07) is 5.26. The van der Waals surface area contributed by atoms with Crippen LogP contribution in [0.15, 0.2) is 29.3 Å². The molecule has 1 amide bonds. The number of carbonyl (C=O) groups excluding carboxylic acids is 1. The number of nitrogens with zero attached hydrogens (tertiary/aromatic N) is 3. The highest BCUT2D eigenvalue weighted by Gasteiger charge is 2.33. The molecule has 0 aliphatic carbocycles. The third-order valence-corrected chi connectivity index (χ3v) is 7.12. The van der Waals surface area contributed by atoms with Crippen LogP contribution in [0.1, 0.15) is 35.5 Å². The van der Waals surface area contributed by atoms with E-state index in [1.165, 1.54) is 36.3 Å². The molecule has 1 aromatic heterocycles. The zero-order chi connectivity index (χ0) is 21.1. The van der Waals surface area contributed by atoms with Gasteiger partial charge in [-0.1, -0.05) is 13.8 Å². The minimum atomic E-state index is -4.11. The number of fused-ring (bicyclic) bond motifs is 1. The summed E-state index contributed by atoms with van der Waals surface area (Å²) in [7, 11) is -1.28. The van der Waals surface area contributed by atoms with Crippen LogP contribution < -0.4 is 4.72 Å². The van der Waals surface area contributed by atoms with Crippen molar-refractivity contribution in [2.45, 2.75) is 25.2 Å². The molecule has 3 rings (SSSR count). The van der Waals surface area contributed by atoms with Gasteiger partial charge in [-0.2, -0.15) is 5.26 Å². The number of hydrogen-bond acceptors (Lipinski definition) is 5. The van der Waals surface area contributed by atoms with Gasteiger partial charge in [-0.05, 0) is 24.6 Å². The van der Waals surface area contributed by atoms with Crippen molar-refractivity contribution in [2.24, 2.45) is 0 Å². The van der Waals surface area contributed by atoms with Crippen molar-refractivity contribution < 1.29 is 17.6 Å². The molecular formula is C17H18FIN4O3S2.